The predicted octanol–water partition coefficient (Wildman–Crippen LogP) is 2.48. The van der Waals surface area contributed by atoms with Crippen molar-refractivity contribution < 1.29 is 37.3 Å². The zero-order valence-electron chi connectivity index (χ0n) is 13.1. The van der Waals surface area contributed by atoms with E-state index in [1.54, 1.807) is 0 Å². The molecule has 0 spiro atoms. The molecule has 0 atom stereocenters. The van der Waals surface area contributed by atoms with Crippen LogP contribution in [0.5, 0.6) is 11.5 Å². The largest absolute Gasteiger partial charge is 0.480 e. The molecular formula is C15H13F3N2O5S. The Labute approximate surface area is 149 Å². The third kappa shape index (κ3) is 6.24. The Morgan fingerprint density at radius 1 is 1.19 bits per heavy atom. The van der Waals surface area contributed by atoms with Crippen LogP contribution in [0.25, 0.3) is 0 Å². The van der Waals surface area contributed by atoms with E-state index in [4.69, 9.17) is 9.84 Å². The van der Waals surface area contributed by atoms with Gasteiger partial charge in [0.2, 0.25) is 0 Å². The zero-order chi connectivity index (χ0) is 19.2. The summed E-state index contributed by atoms with van der Waals surface area (Å²) >= 11 is 1.07. The molecule has 0 radical (unpaired) electrons. The molecule has 7 nitrogen and oxygen atoms in total. The Bertz CT molecular complexity index is 779. The predicted molar refractivity (Wildman–Crippen MR) is 84.4 cm³/mol. The minimum absolute atomic E-state index is 0.00527. The summed E-state index contributed by atoms with van der Waals surface area (Å²) in [6, 6.07) is 5.67. The van der Waals surface area contributed by atoms with E-state index in [9.17, 15) is 22.8 Å². The highest BCUT2D eigenvalue weighted by Crippen LogP contribution is 2.28. The van der Waals surface area contributed by atoms with Crippen LogP contribution in [0.2, 0.25) is 0 Å². The summed E-state index contributed by atoms with van der Waals surface area (Å²) in [6.07, 6.45) is -4.49. The van der Waals surface area contributed by atoms with Crippen molar-refractivity contribution in [2.75, 3.05) is 13.2 Å². The van der Waals surface area contributed by atoms with Crippen LogP contribution in [-0.4, -0.2) is 41.4 Å². The minimum Gasteiger partial charge on any atom is -0.480 e. The normalized spacial score (nSPS) is 11.0. The van der Waals surface area contributed by atoms with Gasteiger partial charge < -0.3 is 19.9 Å². The van der Waals surface area contributed by atoms with E-state index in [0.29, 0.717) is 5.01 Å². The van der Waals surface area contributed by atoms with Crippen LogP contribution in [0, 0.1) is 0 Å². The van der Waals surface area contributed by atoms with E-state index in [1.807, 2.05) is 0 Å². The van der Waals surface area contributed by atoms with Gasteiger partial charge in [-0.15, -0.1) is 11.3 Å². The van der Waals surface area contributed by atoms with Gasteiger partial charge in [-0.05, 0) is 12.1 Å². The Hall–Kier alpha value is -2.82. The van der Waals surface area contributed by atoms with Crippen molar-refractivity contribution in [2.24, 2.45) is 0 Å². The summed E-state index contributed by atoms with van der Waals surface area (Å²) in [6.45, 7) is -1.93. The van der Waals surface area contributed by atoms with Gasteiger partial charge in [0.05, 0.1) is 6.54 Å². The Kier molecular flexibility index (Phi) is 6.39. The lowest BCUT2D eigenvalue weighted by molar-refractivity contribution is -0.153. The van der Waals surface area contributed by atoms with Gasteiger partial charge in [0.15, 0.2) is 30.4 Å². The Morgan fingerprint density at radius 3 is 2.42 bits per heavy atom. The van der Waals surface area contributed by atoms with E-state index in [2.05, 4.69) is 15.0 Å². The van der Waals surface area contributed by atoms with Crippen molar-refractivity contribution >= 4 is 23.2 Å². The van der Waals surface area contributed by atoms with Crippen molar-refractivity contribution in [3.8, 4) is 11.5 Å². The van der Waals surface area contributed by atoms with Gasteiger partial charge >= 0.3 is 12.1 Å². The Balaban J connectivity index is 1.84. The second-order valence-corrected chi connectivity index (χ2v) is 5.79. The van der Waals surface area contributed by atoms with Gasteiger partial charge in [-0.3, -0.25) is 4.79 Å². The van der Waals surface area contributed by atoms with Gasteiger partial charge in [-0.2, -0.15) is 13.2 Å². The second kappa shape index (κ2) is 8.52. The van der Waals surface area contributed by atoms with Crippen molar-refractivity contribution in [2.45, 2.75) is 12.7 Å². The number of amides is 1. The first kappa shape index (κ1) is 19.5. The van der Waals surface area contributed by atoms with Crippen molar-refractivity contribution in [1.82, 2.24) is 10.3 Å². The lowest BCUT2D eigenvalue weighted by Crippen LogP contribution is -2.28. The number of benzene rings is 1. The summed E-state index contributed by atoms with van der Waals surface area (Å²) < 4.78 is 46.5. The van der Waals surface area contributed by atoms with Gasteiger partial charge in [0.1, 0.15) is 5.01 Å². The summed E-state index contributed by atoms with van der Waals surface area (Å²) in [4.78, 5) is 26.3. The number of aromatic nitrogens is 1. The van der Waals surface area contributed by atoms with E-state index in [-0.39, 0.29) is 23.7 Å². The van der Waals surface area contributed by atoms with Crippen LogP contribution in [0.4, 0.5) is 13.2 Å². The molecule has 2 rings (SSSR count). The number of rotatable bonds is 8. The number of ether oxygens (including phenoxy) is 2. The molecule has 2 aromatic rings. The molecule has 1 heterocycles. The van der Waals surface area contributed by atoms with Gasteiger partial charge in [-0.25, -0.2) is 9.78 Å². The van der Waals surface area contributed by atoms with Crippen LogP contribution in [0.1, 0.15) is 15.5 Å². The molecule has 1 aromatic carbocycles. The topological polar surface area (TPSA) is 97.8 Å². The molecule has 11 heteroatoms. The summed E-state index contributed by atoms with van der Waals surface area (Å²) in [5.74, 6) is -1.86. The van der Waals surface area contributed by atoms with Crippen LogP contribution in [0.3, 0.4) is 0 Å². The smallest absolute Gasteiger partial charge is 0.422 e. The fraction of sp³-hybridized carbons (Fsp3) is 0.267. The molecule has 1 amide bonds. The molecule has 0 aliphatic rings. The number of nitrogens with zero attached hydrogens (tertiary/aromatic N) is 1. The highest BCUT2D eigenvalue weighted by Gasteiger charge is 2.29. The van der Waals surface area contributed by atoms with E-state index in [0.717, 1.165) is 11.3 Å². The van der Waals surface area contributed by atoms with Crippen LogP contribution in [0.15, 0.2) is 29.6 Å². The summed E-state index contributed by atoms with van der Waals surface area (Å²) in [5.41, 5.74) is -0.119. The first-order chi connectivity index (χ1) is 12.2. The molecule has 0 unspecified atom stereocenters. The number of carboxylic acid groups (broad SMARTS) is 1. The third-order valence-electron chi connectivity index (χ3n) is 2.81. The number of carbonyl (C=O) groups excluding carboxylic acids is 1. The summed E-state index contributed by atoms with van der Waals surface area (Å²) in [5, 5.41) is 13.0. The lowest BCUT2D eigenvalue weighted by Gasteiger charge is -2.13. The molecule has 0 saturated heterocycles. The molecule has 0 bridgehead atoms. The molecule has 0 saturated carbocycles. The minimum atomic E-state index is -4.49. The second-order valence-electron chi connectivity index (χ2n) is 4.85. The number of nitrogens with one attached hydrogen (secondary N) is 1. The molecule has 0 aliphatic heterocycles. The standard InChI is InChI=1S/C15H13F3N2O5S/c16-15(17,18)8-25-11-4-2-1-3-10(11)24-6-12(21)19-5-13-20-9(7-26-13)14(22)23/h1-4,7H,5-6,8H2,(H,19,21)(H,22,23). The van der Waals surface area contributed by atoms with E-state index >= 15 is 0 Å². The lowest BCUT2D eigenvalue weighted by atomic mass is 10.3. The molecule has 2 N–H and O–H groups in total. The van der Waals surface area contributed by atoms with Crippen LogP contribution in [-0.2, 0) is 11.3 Å². The molecule has 1 aromatic heterocycles. The van der Waals surface area contributed by atoms with E-state index in [1.165, 1.54) is 29.6 Å². The van der Waals surface area contributed by atoms with E-state index < -0.39 is 31.3 Å². The zero-order valence-corrected chi connectivity index (χ0v) is 13.9. The number of aromatic carboxylic acids is 1. The number of hydrogen-bond donors (Lipinski definition) is 2. The maximum absolute atomic E-state index is 12.2. The average Bonchev–Trinajstić information content (AvgIpc) is 3.05. The molecule has 140 valence electrons. The van der Waals surface area contributed by atoms with Crippen LogP contribution >= 0.6 is 11.3 Å². The Morgan fingerprint density at radius 2 is 1.85 bits per heavy atom. The number of halogens is 3. The summed E-state index contributed by atoms with van der Waals surface area (Å²) in [7, 11) is 0. The molecular weight excluding hydrogens is 377 g/mol. The fourth-order valence-corrected chi connectivity index (χ4v) is 2.41. The third-order valence-corrected chi connectivity index (χ3v) is 3.66. The number of thiazole rings is 1. The molecule has 0 fully saturated rings. The van der Waals surface area contributed by atoms with Crippen LogP contribution < -0.4 is 14.8 Å². The maximum Gasteiger partial charge on any atom is 0.422 e. The average molecular weight is 390 g/mol. The van der Waals surface area contributed by atoms with Gasteiger partial charge in [-0.1, -0.05) is 12.1 Å². The number of carbonyl (C=O) groups is 2. The van der Waals surface area contributed by atoms with Crippen molar-refractivity contribution in [3.63, 3.8) is 0 Å². The first-order valence-corrected chi connectivity index (χ1v) is 7.98. The van der Waals surface area contributed by atoms with Crippen molar-refractivity contribution in [3.05, 3.63) is 40.3 Å². The first-order valence-electron chi connectivity index (χ1n) is 7.10. The maximum atomic E-state index is 12.2. The number of carboxylic acids is 1. The van der Waals surface area contributed by atoms with Crippen molar-refractivity contribution in [1.29, 1.82) is 0 Å². The molecule has 26 heavy (non-hydrogen) atoms. The molecule has 0 aliphatic carbocycles. The van der Waals surface area contributed by atoms with Gasteiger partial charge in [0, 0.05) is 5.38 Å². The highest BCUT2D eigenvalue weighted by molar-refractivity contribution is 7.09. The monoisotopic (exact) mass is 390 g/mol. The quantitative estimate of drug-likeness (QED) is 0.719. The number of alkyl halides is 3. The number of hydrogen-bond acceptors (Lipinski definition) is 6. The fourth-order valence-electron chi connectivity index (χ4n) is 1.71. The SMILES string of the molecule is O=C(COc1ccccc1OCC(F)(F)F)NCc1nc(C(=O)O)cs1. The highest BCUT2D eigenvalue weighted by atomic mass is 32.1. The van der Waals surface area contributed by atoms with Gasteiger partial charge in [0.25, 0.3) is 5.91 Å². The number of para-hydroxylation sites is 2.